The van der Waals surface area contributed by atoms with E-state index in [1.54, 1.807) is 0 Å². The van der Waals surface area contributed by atoms with Crippen LogP contribution in [0.15, 0.2) is 30.3 Å². The summed E-state index contributed by atoms with van der Waals surface area (Å²) in [5.74, 6) is 0.426. The summed E-state index contributed by atoms with van der Waals surface area (Å²) < 4.78 is 1.83. The lowest BCUT2D eigenvalue weighted by atomic mass is 9.96. The Morgan fingerprint density at radius 2 is 1.95 bits per heavy atom. The van der Waals surface area contributed by atoms with Crippen molar-refractivity contribution in [3.8, 4) is 0 Å². The average molecular weight is 299 g/mol. The molecular formula is C18H25N3O. The highest BCUT2D eigenvalue weighted by Crippen LogP contribution is 2.18. The Morgan fingerprint density at radius 3 is 2.50 bits per heavy atom. The van der Waals surface area contributed by atoms with Gasteiger partial charge in [0.15, 0.2) is 0 Å². The van der Waals surface area contributed by atoms with Crippen LogP contribution in [0.5, 0.6) is 0 Å². The Kier molecular flexibility index (Phi) is 5.36. The molecular weight excluding hydrogens is 274 g/mol. The van der Waals surface area contributed by atoms with Gasteiger partial charge < -0.3 is 5.32 Å². The predicted octanol–water partition coefficient (Wildman–Crippen LogP) is 2.89. The van der Waals surface area contributed by atoms with E-state index in [9.17, 15) is 4.79 Å². The van der Waals surface area contributed by atoms with Gasteiger partial charge in [-0.15, -0.1) is 0 Å². The summed E-state index contributed by atoms with van der Waals surface area (Å²) >= 11 is 0. The normalized spacial score (nSPS) is 12.2. The third kappa shape index (κ3) is 3.75. The smallest absolute Gasteiger partial charge is 0.224 e. The molecule has 0 spiro atoms. The molecule has 4 heteroatoms. The number of nitrogens with one attached hydrogen (secondary N) is 1. The van der Waals surface area contributed by atoms with Crippen molar-refractivity contribution >= 4 is 5.91 Å². The van der Waals surface area contributed by atoms with Gasteiger partial charge in [-0.05, 0) is 25.8 Å². The SMILES string of the molecule is CC[C@@H](CNC(=O)Cc1c(C)nn(C)c1C)c1ccccc1. The Hall–Kier alpha value is -2.10. The van der Waals surface area contributed by atoms with Crippen LogP contribution in [0.2, 0.25) is 0 Å². The molecule has 0 saturated heterocycles. The van der Waals surface area contributed by atoms with Gasteiger partial charge in [0.25, 0.3) is 0 Å². The quantitative estimate of drug-likeness (QED) is 0.891. The molecule has 1 N–H and O–H groups in total. The van der Waals surface area contributed by atoms with Crippen molar-refractivity contribution in [1.29, 1.82) is 0 Å². The summed E-state index contributed by atoms with van der Waals surface area (Å²) in [6, 6.07) is 10.3. The van der Waals surface area contributed by atoms with Crippen LogP contribution in [0.3, 0.4) is 0 Å². The van der Waals surface area contributed by atoms with Crippen molar-refractivity contribution in [2.75, 3.05) is 6.54 Å². The highest BCUT2D eigenvalue weighted by molar-refractivity contribution is 5.79. The van der Waals surface area contributed by atoms with Crippen molar-refractivity contribution in [3.63, 3.8) is 0 Å². The topological polar surface area (TPSA) is 46.9 Å². The zero-order valence-corrected chi connectivity index (χ0v) is 13.9. The third-order valence-corrected chi connectivity index (χ3v) is 4.31. The molecule has 1 aromatic carbocycles. The van der Waals surface area contributed by atoms with Crippen LogP contribution >= 0.6 is 0 Å². The standard InChI is InChI=1S/C18H25N3O/c1-5-15(16-9-7-6-8-10-16)12-19-18(22)11-17-13(2)20-21(4)14(17)3/h6-10,15H,5,11-12H2,1-4H3,(H,19,22)/t15-/m0/s1. The number of nitrogens with zero attached hydrogens (tertiary/aromatic N) is 2. The number of benzene rings is 1. The molecule has 0 unspecified atom stereocenters. The van der Waals surface area contributed by atoms with Gasteiger partial charge in [-0.2, -0.15) is 5.10 Å². The molecule has 0 fully saturated rings. The number of rotatable bonds is 6. The Morgan fingerprint density at radius 1 is 1.27 bits per heavy atom. The molecule has 0 aliphatic rings. The van der Waals surface area contributed by atoms with Gasteiger partial charge in [-0.1, -0.05) is 37.3 Å². The van der Waals surface area contributed by atoms with E-state index in [4.69, 9.17) is 0 Å². The van der Waals surface area contributed by atoms with Gasteiger partial charge in [0.05, 0.1) is 12.1 Å². The zero-order chi connectivity index (χ0) is 16.1. The van der Waals surface area contributed by atoms with E-state index < -0.39 is 0 Å². The van der Waals surface area contributed by atoms with Crippen LogP contribution in [0.25, 0.3) is 0 Å². The highest BCUT2D eigenvalue weighted by Gasteiger charge is 2.15. The lowest BCUT2D eigenvalue weighted by Crippen LogP contribution is -2.29. The van der Waals surface area contributed by atoms with E-state index in [1.807, 2.05) is 43.8 Å². The van der Waals surface area contributed by atoms with Crippen LogP contribution in [-0.2, 0) is 18.3 Å². The van der Waals surface area contributed by atoms with Crippen LogP contribution in [-0.4, -0.2) is 22.2 Å². The van der Waals surface area contributed by atoms with Gasteiger partial charge in [-0.25, -0.2) is 0 Å². The molecule has 1 amide bonds. The first-order valence-electron chi connectivity index (χ1n) is 7.83. The number of carbonyl (C=O) groups excluding carboxylic acids is 1. The minimum absolute atomic E-state index is 0.0635. The van der Waals surface area contributed by atoms with Crippen LogP contribution in [0, 0.1) is 13.8 Å². The van der Waals surface area contributed by atoms with Crippen molar-refractivity contribution in [2.45, 2.75) is 39.5 Å². The van der Waals surface area contributed by atoms with Gasteiger partial charge in [0, 0.05) is 30.8 Å². The van der Waals surface area contributed by atoms with Crippen LogP contribution in [0.4, 0.5) is 0 Å². The Labute approximate surface area is 132 Å². The molecule has 0 bridgehead atoms. The second-order valence-corrected chi connectivity index (χ2v) is 5.77. The molecule has 4 nitrogen and oxygen atoms in total. The van der Waals surface area contributed by atoms with Gasteiger partial charge in [-0.3, -0.25) is 9.48 Å². The number of hydrogen-bond donors (Lipinski definition) is 1. The number of aromatic nitrogens is 2. The van der Waals surface area contributed by atoms with E-state index in [0.29, 0.717) is 18.9 Å². The average Bonchev–Trinajstić information content (AvgIpc) is 2.75. The van der Waals surface area contributed by atoms with Crippen LogP contribution in [0.1, 0.15) is 41.8 Å². The largest absolute Gasteiger partial charge is 0.355 e. The maximum absolute atomic E-state index is 12.2. The first-order valence-corrected chi connectivity index (χ1v) is 7.83. The first kappa shape index (κ1) is 16.3. The fourth-order valence-electron chi connectivity index (χ4n) is 2.76. The third-order valence-electron chi connectivity index (χ3n) is 4.31. The monoisotopic (exact) mass is 299 g/mol. The number of amides is 1. The minimum Gasteiger partial charge on any atom is -0.355 e. The van der Waals surface area contributed by atoms with E-state index in [0.717, 1.165) is 23.4 Å². The Balaban J connectivity index is 1.95. The van der Waals surface area contributed by atoms with Crippen molar-refractivity contribution < 1.29 is 4.79 Å². The summed E-state index contributed by atoms with van der Waals surface area (Å²) in [6.07, 6.45) is 1.41. The first-order chi connectivity index (χ1) is 10.5. The molecule has 1 heterocycles. The molecule has 0 aliphatic carbocycles. The molecule has 1 atom stereocenters. The van der Waals surface area contributed by atoms with Crippen LogP contribution < -0.4 is 5.32 Å². The summed E-state index contributed by atoms with van der Waals surface area (Å²) in [7, 11) is 1.91. The van der Waals surface area contributed by atoms with E-state index in [1.165, 1.54) is 5.56 Å². The molecule has 0 radical (unpaired) electrons. The zero-order valence-electron chi connectivity index (χ0n) is 13.9. The molecule has 0 saturated carbocycles. The number of hydrogen-bond acceptors (Lipinski definition) is 2. The summed E-state index contributed by atoms with van der Waals surface area (Å²) in [6.45, 7) is 6.78. The number of aryl methyl sites for hydroxylation is 2. The van der Waals surface area contributed by atoms with Crippen molar-refractivity contribution in [3.05, 3.63) is 52.8 Å². The predicted molar refractivity (Wildman–Crippen MR) is 88.9 cm³/mol. The Bertz CT molecular complexity index is 631. The lowest BCUT2D eigenvalue weighted by molar-refractivity contribution is -0.120. The van der Waals surface area contributed by atoms with Gasteiger partial charge >= 0.3 is 0 Å². The fourth-order valence-corrected chi connectivity index (χ4v) is 2.76. The van der Waals surface area contributed by atoms with E-state index in [-0.39, 0.29) is 5.91 Å². The maximum atomic E-state index is 12.2. The summed E-state index contributed by atoms with van der Waals surface area (Å²) in [4.78, 5) is 12.2. The van der Waals surface area contributed by atoms with Crippen molar-refractivity contribution in [1.82, 2.24) is 15.1 Å². The molecule has 2 rings (SSSR count). The minimum atomic E-state index is 0.0635. The fraction of sp³-hybridized carbons (Fsp3) is 0.444. The summed E-state index contributed by atoms with van der Waals surface area (Å²) in [5, 5.41) is 7.43. The second kappa shape index (κ2) is 7.25. The van der Waals surface area contributed by atoms with Gasteiger partial charge in [0.1, 0.15) is 0 Å². The van der Waals surface area contributed by atoms with Gasteiger partial charge in [0.2, 0.25) is 5.91 Å². The molecule has 1 aromatic heterocycles. The van der Waals surface area contributed by atoms with E-state index >= 15 is 0 Å². The number of carbonyl (C=O) groups is 1. The maximum Gasteiger partial charge on any atom is 0.224 e. The highest BCUT2D eigenvalue weighted by atomic mass is 16.1. The van der Waals surface area contributed by atoms with Crippen molar-refractivity contribution in [2.24, 2.45) is 7.05 Å². The second-order valence-electron chi connectivity index (χ2n) is 5.77. The summed E-state index contributed by atoms with van der Waals surface area (Å²) in [5.41, 5.74) is 4.31. The molecule has 0 aliphatic heterocycles. The molecule has 22 heavy (non-hydrogen) atoms. The lowest BCUT2D eigenvalue weighted by Gasteiger charge is -2.16. The van der Waals surface area contributed by atoms with E-state index in [2.05, 4.69) is 29.5 Å². The molecule has 118 valence electrons. The molecule has 2 aromatic rings.